The predicted molar refractivity (Wildman–Crippen MR) is 124 cm³/mol. The van der Waals surface area contributed by atoms with Crippen LogP contribution in [0.25, 0.3) is 0 Å². The monoisotopic (exact) mass is 577 g/mol. The molecule has 1 aromatic rings. The fourth-order valence-electron chi connectivity index (χ4n) is 3.97. The molecule has 14 nitrogen and oxygen atoms in total. The minimum atomic E-state index is -4.47. The van der Waals surface area contributed by atoms with Crippen molar-refractivity contribution >= 4 is 31.7 Å². The molecule has 2 aliphatic rings. The number of alkyl halides is 1. The van der Waals surface area contributed by atoms with Crippen LogP contribution in [0.4, 0.5) is 4.39 Å². The molecule has 0 saturated carbocycles. The summed E-state index contributed by atoms with van der Waals surface area (Å²) in [7, 11) is -4.47. The van der Waals surface area contributed by atoms with Crippen molar-refractivity contribution in [3.63, 3.8) is 0 Å². The van der Waals surface area contributed by atoms with Gasteiger partial charge in [-0.15, -0.1) is 0 Å². The Morgan fingerprint density at radius 1 is 0.974 bits per heavy atom. The highest BCUT2D eigenvalue weighted by Gasteiger charge is 2.57. The van der Waals surface area contributed by atoms with Gasteiger partial charge in [-0.3, -0.25) is 37.7 Å². The molecule has 8 atom stereocenters. The number of aromatic nitrogens is 1. The third-order valence-electron chi connectivity index (χ3n) is 5.44. The van der Waals surface area contributed by atoms with Crippen LogP contribution in [0.5, 0.6) is 0 Å². The number of rotatable bonds is 9. The van der Waals surface area contributed by atoms with Gasteiger partial charge in [-0.25, -0.2) is 8.96 Å². The summed E-state index contributed by atoms with van der Waals surface area (Å²) in [5.41, 5.74) is 0.619. The van der Waals surface area contributed by atoms with E-state index in [1.165, 1.54) is 12.4 Å². The molecule has 3 rings (SSSR count). The summed E-state index contributed by atoms with van der Waals surface area (Å²) in [6, 6.07) is 3.27. The Kier molecular flexibility index (Phi) is 10.5. The Balaban J connectivity index is 1.96. The largest absolute Gasteiger partial charge is 0.477 e. The van der Waals surface area contributed by atoms with E-state index in [-0.39, 0.29) is 6.61 Å². The van der Waals surface area contributed by atoms with Crippen molar-refractivity contribution in [1.82, 2.24) is 4.98 Å². The van der Waals surface area contributed by atoms with E-state index in [0.29, 0.717) is 12.0 Å². The van der Waals surface area contributed by atoms with Crippen molar-refractivity contribution in [2.24, 2.45) is 0 Å². The van der Waals surface area contributed by atoms with E-state index in [1.54, 1.807) is 12.1 Å². The van der Waals surface area contributed by atoms with E-state index in [9.17, 15) is 23.7 Å². The number of hydrogen-bond acceptors (Lipinski definition) is 14. The second-order valence-electron chi connectivity index (χ2n) is 8.56. The molecule has 216 valence electrons. The Morgan fingerprint density at radius 3 is 2.15 bits per heavy atom. The average molecular weight is 577 g/mol. The number of phosphoric acid groups is 1. The Labute approximate surface area is 222 Å². The van der Waals surface area contributed by atoms with Crippen LogP contribution in [0.3, 0.4) is 0 Å². The van der Waals surface area contributed by atoms with E-state index in [2.05, 4.69) is 4.98 Å². The summed E-state index contributed by atoms with van der Waals surface area (Å²) < 4.78 is 71.4. The predicted octanol–water partition coefficient (Wildman–Crippen LogP) is 2.11. The van der Waals surface area contributed by atoms with Crippen LogP contribution < -0.4 is 0 Å². The number of nitrogens with zero attached hydrogens (tertiary/aromatic N) is 1. The number of carbonyl (C=O) groups excluding carboxylic acids is 4. The Morgan fingerprint density at radius 2 is 1.56 bits per heavy atom. The minimum absolute atomic E-state index is 0.0692. The van der Waals surface area contributed by atoms with E-state index < -0.39 is 81.3 Å². The standard InChI is InChI=1S/C23H29FNO13P/c1-12(26)31-11-17(24)19-20(33-13(2)27)21(34-14(3)28)22(35-15(4)29)23(36-19)38-39(30)32-10-7-18(37-39)16-5-8-25-9-6-16/h5-6,8-9,17-23H,7,10-11H2,1-4H3/t17-,18+,19?,20+,21?,22?,23?,39?/m0/s1. The van der Waals surface area contributed by atoms with Gasteiger partial charge in [-0.2, -0.15) is 0 Å². The minimum Gasteiger partial charge on any atom is -0.463 e. The number of pyridine rings is 1. The van der Waals surface area contributed by atoms with Gasteiger partial charge >= 0.3 is 31.7 Å². The van der Waals surface area contributed by atoms with Gasteiger partial charge in [0.25, 0.3) is 0 Å². The SMILES string of the molecule is CC(=O)OC[C@H](F)C1OC(OP2(=O)OCC[C@H](c3ccncc3)O2)C(OC(C)=O)C(OC(C)=O)[C@@H]1OC(C)=O. The first-order chi connectivity index (χ1) is 18.4. The first-order valence-electron chi connectivity index (χ1n) is 11.8. The molecule has 5 unspecified atom stereocenters. The molecule has 39 heavy (non-hydrogen) atoms. The smallest absolute Gasteiger partial charge is 0.463 e. The lowest BCUT2D eigenvalue weighted by Gasteiger charge is -2.45. The lowest BCUT2D eigenvalue weighted by Crippen LogP contribution is -2.64. The summed E-state index contributed by atoms with van der Waals surface area (Å²) in [6.07, 6.45) is -8.40. The number of esters is 4. The summed E-state index contributed by atoms with van der Waals surface area (Å²) in [6.45, 7) is 3.17. The zero-order chi connectivity index (χ0) is 28.7. The lowest BCUT2D eigenvalue weighted by molar-refractivity contribution is -0.297. The van der Waals surface area contributed by atoms with Crippen molar-refractivity contribution in [3.05, 3.63) is 30.1 Å². The highest BCUT2D eigenvalue weighted by molar-refractivity contribution is 7.48. The molecule has 0 amide bonds. The second kappa shape index (κ2) is 13.4. The summed E-state index contributed by atoms with van der Waals surface area (Å²) in [4.78, 5) is 51.0. The van der Waals surface area contributed by atoms with Gasteiger partial charge < -0.3 is 23.7 Å². The number of phosphoric ester groups is 1. The van der Waals surface area contributed by atoms with Crippen LogP contribution in [0.1, 0.15) is 45.8 Å². The highest BCUT2D eigenvalue weighted by Crippen LogP contribution is 2.58. The van der Waals surface area contributed by atoms with Gasteiger partial charge in [0, 0.05) is 46.5 Å². The van der Waals surface area contributed by atoms with Crippen LogP contribution >= 0.6 is 7.82 Å². The third-order valence-corrected chi connectivity index (χ3v) is 6.91. The first-order valence-corrected chi connectivity index (χ1v) is 13.3. The fourth-order valence-corrected chi connectivity index (χ4v) is 5.43. The molecule has 0 spiro atoms. The van der Waals surface area contributed by atoms with Gasteiger partial charge in [-0.05, 0) is 17.7 Å². The van der Waals surface area contributed by atoms with Gasteiger partial charge in [0.05, 0.1) is 12.7 Å². The van der Waals surface area contributed by atoms with Crippen molar-refractivity contribution < 1.29 is 65.4 Å². The van der Waals surface area contributed by atoms with E-state index in [4.69, 9.17) is 37.3 Å². The van der Waals surface area contributed by atoms with Crippen molar-refractivity contribution in [3.8, 4) is 0 Å². The maximum Gasteiger partial charge on any atom is 0.477 e. The normalized spacial score (nSPS) is 31.4. The third kappa shape index (κ3) is 8.51. The average Bonchev–Trinajstić information content (AvgIpc) is 2.85. The van der Waals surface area contributed by atoms with Gasteiger partial charge in [0.1, 0.15) is 12.7 Å². The van der Waals surface area contributed by atoms with Crippen LogP contribution in [-0.2, 0) is 61.0 Å². The van der Waals surface area contributed by atoms with E-state index in [0.717, 1.165) is 27.7 Å². The molecule has 1 aromatic heterocycles. The molecule has 2 fully saturated rings. The van der Waals surface area contributed by atoms with Gasteiger partial charge in [0.2, 0.25) is 6.29 Å². The first kappa shape index (κ1) is 30.6. The Bertz CT molecular complexity index is 1090. The molecule has 2 saturated heterocycles. The second-order valence-corrected chi connectivity index (χ2v) is 10.1. The highest BCUT2D eigenvalue weighted by atomic mass is 31.2. The number of ether oxygens (including phenoxy) is 5. The zero-order valence-electron chi connectivity index (χ0n) is 21.6. The molecular weight excluding hydrogens is 548 g/mol. The van der Waals surface area contributed by atoms with Gasteiger partial charge in [-0.1, -0.05) is 0 Å². The van der Waals surface area contributed by atoms with E-state index >= 15 is 4.39 Å². The van der Waals surface area contributed by atoms with Crippen LogP contribution in [-0.4, -0.2) is 79.0 Å². The molecule has 2 aliphatic heterocycles. The summed E-state index contributed by atoms with van der Waals surface area (Å²) >= 11 is 0. The lowest BCUT2D eigenvalue weighted by atomic mass is 9.95. The fraction of sp³-hybridized carbons (Fsp3) is 0.609. The number of halogens is 1. The van der Waals surface area contributed by atoms with Crippen molar-refractivity contribution in [2.45, 2.75) is 77.1 Å². The van der Waals surface area contributed by atoms with E-state index in [1.807, 2.05) is 0 Å². The molecule has 0 radical (unpaired) electrons. The molecule has 0 aromatic carbocycles. The quantitative estimate of drug-likeness (QED) is 0.237. The van der Waals surface area contributed by atoms with Gasteiger partial charge in [0.15, 0.2) is 24.5 Å². The topological polar surface area (TPSA) is 172 Å². The van der Waals surface area contributed by atoms with Crippen LogP contribution in [0.2, 0.25) is 0 Å². The molecule has 0 N–H and O–H groups in total. The van der Waals surface area contributed by atoms with Crippen molar-refractivity contribution in [2.75, 3.05) is 13.2 Å². The number of hydrogen-bond donors (Lipinski definition) is 0. The van der Waals surface area contributed by atoms with Crippen LogP contribution in [0, 0.1) is 0 Å². The summed E-state index contributed by atoms with van der Waals surface area (Å²) in [5.74, 6) is -3.56. The van der Waals surface area contributed by atoms with Crippen LogP contribution in [0.15, 0.2) is 24.5 Å². The summed E-state index contributed by atoms with van der Waals surface area (Å²) in [5, 5.41) is 0. The Hall–Kier alpha value is -2.97. The molecule has 3 heterocycles. The van der Waals surface area contributed by atoms with Crippen molar-refractivity contribution in [1.29, 1.82) is 0 Å². The molecular formula is C23H29FNO13P. The molecule has 0 aliphatic carbocycles. The molecule has 0 bridgehead atoms. The number of carbonyl (C=O) groups is 4. The molecule has 16 heteroatoms. The maximum absolute atomic E-state index is 15.3. The zero-order valence-corrected chi connectivity index (χ0v) is 22.4. The maximum atomic E-state index is 15.3.